The molecule has 1 saturated heterocycles. The van der Waals surface area contributed by atoms with E-state index >= 15 is 0 Å². The molecule has 0 unspecified atom stereocenters. The van der Waals surface area contributed by atoms with E-state index in [0.717, 1.165) is 25.0 Å². The number of hydrogen-bond donors (Lipinski definition) is 1. The van der Waals surface area contributed by atoms with Crippen LogP contribution in [0.1, 0.15) is 47.8 Å². The Labute approximate surface area is 104 Å². The molecule has 2 heterocycles. The van der Waals surface area contributed by atoms with E-state index in [-0.39, 0.29) is 11.6 Å². The zero-order chi connectivity index (χ0) is 12.7. The number of carbonyl (C=O) groups excluding carboxylic acids is 1. The molecule has 1 aromatic rings. The van der Waals surface area contributed by atoms with Crippen molar-refractivity contribution >= 4 is 11.9 Å². The van der Waals surface area contributed by atoms with E-state index in [1.165, 1.54) is 4.90 Å². The molecule has 1 atom stereocenters. The first kappa shape index (κ1) is 11.3. The van der Waals surface area contributed by atoms with Crippen LogP contribution in [-0.2, 0) is 4.79 Å². The Morgan fingerprint density at radius 1 is 1.39 bits per heavy atom. The van der Waals surface area contributed by atoms with Crippen LogP contribution in [0.2, 0.25) is 0 Å². The van der Waals surface area contributed by atoms with Crippen molar-refractivity contribution in [1.29, 1.82) is 0 Å². The van der Waals surface area contributed by atoms with Crippen LogP contribution in [0.4, 0.5) is 0 Å². The SMILES string of the molecule is O=C(O)[C@H]1CCCN1C(=O)c1cc(C2CC2)on1. The summed E-state index contributed by atoms with van der Waals surface area (Å²) in [6.45, 7) is 0.474. The molecule has 1 aliphatic carbocycles. The number of carboxylic acid groups (broad SMARTS) is 1. The van der Waals surface area contributed by atoms with Crippen LogP contribution in [0.25, 0.3) is 0 Å². The number of amides is 1. The fraction of sp³-hybridized carbons (Fsp3) is 0.583. The van der Waals surface area contributed by atoms with Crippen molar-refractivity contribution in [2.24, 2.45) is 0 Å². The molecule has 18 heavy (non-hydrogen) atoms. The number of aliphatic carboxylic acids is 1. The third-order valence-electron chi connectivity index (χ3n) is 3.53. The number of likely N-dealkylation sites (tertiary alicyclic amines) is 1. The highest BCUT2D eigenvalue weighted by molar-refractivity contribution is 5.95. The number of rotatable bonds is 3. The van der Waals surface area contributed by atoms with Gasteiger partial charge in [0.25, 0.3) is 5.91 Å². The zero-order valence-corrected chi connectivity index (χ0v) is 9.83. The third kappa shape index (κ3) is 1.87. The van der Waals surface area contributed by atoms with Gasteiger partial charge in [0, 0.05) is 18.5 Å². The predicted molar refractivity (Wildman–Crippen MR) is 60.2 cm³/mol. The molecule has 96 valence electrons. The minimum atomic E-state index is -0.952. The first-order valence-corrected chi connectivity index (χ1v) is 6.17. The van der Waals surface area contributed by atoms with E-state index in [1.807, 2.05) is 0 Å². The van der Waals surface area contributed by atoms with Crippen LogP contribution in [0.3, 0.4) is 0 Å². The molecule has 2 fully saturated rings. The Hall–Kier alpha value is -1.85. The van der Waals surface area contributed by atoms with Gasteiger partial charge in [0.1, 0.15) is 11.8 Å². The van der Waals surface area contributed by atoms with Gasteiger partial charge in [0.15, 0.2) is 5.69 Å². The molecule has 1 aliphatic heterocycles. The van der Waals surface area contributed by atoms with Gasteiger partial charge < -0.3 is 14.5 Å². The second-order valence-corrected chi connectivity index (χ2v) is 4.88. The molecule has 2 aliphatic rings. The highest BCUT2D eigenvalue weighted by Crippen LogP contribution is 2.40. The third-order valence-corrected chi connectivity index (χ3v) is 3.53. The van der Waals surface area contributed by atoms with E-state index in [9.17, 15) is 9.59 Å². The minimum absolute atomic E-state index is 0.227. The summed E-state index contributed by atoms with van der Waals surface area (Å²) in [5.41, 5.74) is 0.227. The Balaban J connectivity index is 1.78. The summed E-state index contributed by atoms with van der Waals surface area (Å²) in [6.07, 6.45) is 3.37. The van der Waals surface area contributed by atoms with Crippen molar-refractivity contribution in [3.8, 4) is 0 Å². The van der Waals surface area contributed by atoms with E-state index < -0.39 is 12.0 Å². The summed E-state index contributed by atoms with van der Waals surface area (Å²) in [7, 11) is 0. The maximum atomic E-state index is 12.2. The zero-order valence-electron chi connectivity index (χ0n) is 9.83. The largest absolute Gasteiger partial charge is 0.480 e. The first-order valence-electron chi connectivity index (χ1n) is 6.17. The monoisotopic (exact) mass is 250 g/mol. The molecule has 6 nitrogen and oxygen atoms in total. The number of hydrogen-bond acceptors (Lipinski definition) is 4. The molecule has 0 bridgehead atoms. The van der Waals surface area contributed by atoms with Crippen molar-refractivity contribution in [3.63, 3.8) is 0 Å². The number of carbonyl (C=O) groups is 2. The fourth-order valence-electron chi connectivity index (χ4n) is 2.36. The Kier molecular flexibility index (Phi) is 2.57. The van der Waals surface area contributed by atoms with Gasteiger partial charge in [-0.3, -0.25) is 4.79 Å². The van der Waals surface area contributed by atoms with Crippen molar-refractivity contribution in [2.45, 2.75) is 37.6 Å². The lowest BCUT2D eigenvalue weighted by Crippen LogP contribution is -2.40. The van der Waals surface area contributed by atoms with Gasteiger partial charge >= 0.3 is 5.97 Å². The first-order chi connectivity index (χ1) is 8.66. The Morgan fingerprint density at radius 3 is 2.83 bits per heavy atom. The lowest BCUT2D eigenvalue weighted by molar-refractivity contribution is -0.141. The number of aromatic nitrogens is 1. The molecule has 1 N–H and O–H groups in total. The van der Waals surface area contributed by atoms with Crippen LogP contribution >= 0.6 is 0 Å². The smallest absolute Gasteiger partial charge is 0.326 e. The van der Waals surface area contributed by atoms with Gasteiger partial charge in [-0.1, -0.05) is 5.16 Å². The maximum absolute atomic E-state index is 12.2. The normalized spacial score (nSPS) is 23.3. The predicted octanol–water partition coefficient (Wildman–Crippen LogP) is 1.24. The molecule has 0 radical (unpaired) electrons. The summed E-state index contributed by atoms with van der Waals surface area (Å²) in [5.74, 6) is -0.153. The van der Waals surface area contributed by atoms with Gasteiger partial charge in [-0.2, -0.15) is 0 Å². The Bertz CT molecular complexity index is 492. The summed E-state index contributed by atoms with van der Waals surface area (Å²) in [6, 6.07) is 0.926. The second-order valence-electron chi connectivity index (χ2n) is 4.88. The average Bonchev–Trinajstić information content (AvgIpc) is 2.92. The minimum Gasteiger partial charge on any atom is -0.480 e. The van der Waals surface area contributed by atoms with Gasteiger partial charge in [0.05, 0.1) is 0 Å². The lowest BCUT2D eigenvalue weighted by Gasteiger charge is -2.19. The van der Waals surface area contributed by atoms with E-state index in [1.54, 1.807) is 6.07 Å². The van der Waals surface area contributed by atoms with Crippen LogP contribution in [0.5, 0.6) is 0 Å². The molecule has 1 aromatic heterocycles. The molecule has 1 saturated carbocycles. The molecule has 1 amide bonds. The highest BCUT2D eigenvalue weighted by Gasteiger charge is 2.36. The van der Waals surface area contributed by atoms with Gasteiger partial charge in [-0.15, -0.1) is 0 Å². The van der Waals surface area contributed by atoms with E-state index in [2.05, 4.69) is 5.16 Å². The molecular formula is C12H14N2O4. The fourth-order valence-corrected chi connectivity index (χ4v) is 2.36. The van der Waals surface area contributed by atoms with Crippen molar-refractivity contribution in [3.05, 3.63) is 17.5 Å². The standard InChI is InChI=1S/C12H14N2O4/c15-11(14-5-1-2-9(14)12(16)17)8-6-10(18-13-8)7-3-4-7/h6-7,9H,1-5H2,(H,16,17)/t9-/m1/s1. The van der Waals surface area contributed by atoms with Crippen molar-refractivity contribution in [2.75, 3.05) is 6.54 Å². The van der Waals surface area contributed by atoms with E-state index in [4.69, 9.17) is 9.63 Å². The summed E-state index contributed by atoms with van der Waals surface area (Å²) >= 11 is 0. The van der Waals surface area contributed by atoms with Gasteiger partial charge in [0.2, 0.25) is 0 Å². The Morgan fingerprint density at radius 2 is 2.17 bits per heavy atom. The van der Waals surface area contributed by atoms with Crippen LogP contribution in [-0.4, -0.2) is 39.6 Å². The van der Waals surface area contributed by atoms with Crippen molar-refractivity contribution in [1.82, 2.24) is 10.1 Å². The maximum Gasteiger partial charge on any atom is 0.326 e. The molecular weight excluding hydrogens is 236 g/mol. The lowest BCUT2D eigenvalue weighted by atomic mass is 10.2. The van der Waals surface area contributed by atoms with Crippen LogP contribution in [0, 0.1) is 0 Å². The number of carboxylic acids is 1. The summed E-state index contributed by atoms with van der Waals surface area (Å²) in [5, 5.41) is 12.8. The topological polar surface area (TPSA) is 83.6 Å². The summed E-state index contributed by atoms with van der Waals surface area (Å²) < 4.78 is 5.12. The number of nitrogens with zero attached hydrogens (tertiary/aromatic N) is 2. The molecule has 0 aromatic carbocycles. The highest BCUT2D eigenvalue weighted by atomic mass is 16.5. The molecule has 0 spiro atoms. The van der Waals surface area contributed by atoms with Gasteiger partial charge in [-0.25, -0.2) is 4.79 Å². The molecule has 3 rings (SSSR count). The summed E-state index contributed by atoms with van der Waals surface area (Å²) in [4.78, 5) is 24.6. The average molecular weight is 250 g/mol. The second kappa shape index (κ2) is 4.12. The van der Waals surface area contributed by atoms with E-state index in [0.29, 0.717) is 18.9 Å². The van der Waals surface area contributed by atoms with Crippen LogP contribution < -0.4 is 0 Å². The van der Waals surface area contributed by atoms with Crippen molar-refractivity contribution < 1.29 is 19.2 Å². The quantitative estimate of drug-likeness (QED) is 0.872. The van der Waals surface area contributed by atoms with Crippen LogP contribution in [0.15, 0.2) is 10.6 Å². The molecule has 6 heteroatoms. The van der Waals surface area contributed by atoms with Gasteiger partial charge in [-0.05, 0) is 25.7 Å².